The van der Waals surface area contributed by atoms with Gasteiger partial charge in [-0.1, -0.05) is 20.8 Å². The molecule has 0 saturated carbocycles. The van der Waals surface area contributed by atoms with E-state index < -0.39 is 10.0 Å². The second kappa shape index (κ2) is 8.12. The zero-order valence-corrected chi connectivity index (χ0v) is 13.5. The lowest BCUT2D eigenvalue weighted by Crippen LogP contribution is -2.46. The third kappa shape index (κ3) is 5.67. The van der Waals surface area contributed by atoms with Crippen LogP contribution in [0.4, 0.5) is 0 Å². The summed E-state index contributed by atoms with van der Waals surface area (Å²) in [5.41, 5.74) is 0. The molecular weight excluding hydrogens is 248 g/mol. The zero-order chi connectivity index (χ0) is 14.3. The van der Waals surface area contributed by atoms with Gasteiger partial charge in [-0.3, -0.25) is 0 Å². The lowest BCUT2D eigenvalue weighted by molar-refractivity contribution is 0.315. The van der Waals surface area contributed by atoms with Crippen molar-refractivity contribution in [3.63, 3.8) is 0 Å². The molecule has 0 aromatic carbocycles. The van der Waals surface area contributed by atoms with Crippen LogP contribution in [0.25, 0.3) is 0 Å². The van der Waals surface area contributed by atoms with Crippen molar-refractivity contribution in [1.82, 2.24) is 9.62 Å². The van der Waals surface area contributed by atoms with Crippen LogP contribution < -0.4 is 5.32 Å². The number of hydrogen-bond acceptors (Lipinski definition) is 3. The maximum absolute atomic E-state index is 12.5. The Kier molecular flexibility index (Phi) is 8.06. The largest absolute Gasteiger partial charge is 0.315 e. The van der Waals surface area contributed by atoms with Crippen LogP contribution >= 0.6 is 0 Å². The number of nitrogens with zero attached hydrogens (tertiary/aromatic N) is 1. The van der Waals surface area contributed by atoms with Gasteiger partial charge in [0.15, 0.2) is 0 Å². The first-order valence-electron chi connectivity index (χ1n) is 6.94. The molecule has 0 aromatic heterocycles. The molecule has 0 aliphatic heterocycles. The molecule has 110 valence electrons. The molecular formula is C13H30N2O2S. The SMILES string of the molecule is CCCNCC(C)S(=O)(=O)N(CC(C)C)C(C)C. The number of rotatable bonds is 9. The Morgan fingerprint density at radius 1 is 1.11 bits per heavy atom. The molecule has 1 N–H and O–H groups in total. The maximum atomic E-state index is 12.5. The molecule has 5 heteroatoms. The molecule has 0 fully saturated rings. The Labute approximate surface area is 113 Å². The first kappa shape index (κ1) is 17.9. The fraction of sp³-hybridized carbons (Fsp3) is 1.00. The molecule has 1 atom stereocenters. The van der Waals surface area contributed by atoms with Gasteiger partial charge in [0, 0.05) is 19.1 Å². The van der Waals surface area contributed by atoms with Gasteiger partial charge >= 0.3 is 0 Å². The standard InChI is InChI=1S/C13H30N2O2S/c1-7-8-14-9-13(6)18(16,17)15(12(4)5)10-11(2)3/h11-14H,7-10H2,1-6H3. The van der Waals surface area contributed by atoms with Crippen molar-refractivity contribution < 1.29 is 8.42 Å². The summed E-state index contributed by atoms with van der Waals surface area (Å²) < 4.78 is 26.6. The molecule has 0 amide bonds. The third-order valence-corrected chi connectivity index (χ3v) is 5.22. The van der Waals surface area contributed by atoms with E-state index in [4.69, 9.17) is 0 Å². The van der Waals surface area contributed by atoms with E-state index >= 15 is 0 Å². The minimum absolute atomic E-state index is 0.0195. The van der Waals surface area contributed by atoms with Gasteiger partial charge in [0.05, 0.1) is 5.25 Å². The fourth-order valence-corrected chi connectivity index (χ4v) is 3.67. The van der Waals surface area contributed by atoms with Crippen molar-refractivity contribution in [1.29, 1.82) is 0 Å². The van der Waals surface area contributed by atoms with Crippen LogP contribution in [0.5, 0.6) is 0 Å². The van der Waals surface area contributed by atoms with Gasteiger partial charge in [-0.05, 0) is 39.7 Å². The minimum Gasteiger partial charge on any atom is -0.315 e. The molecule has 0 saturated heterocycles. The summed E-state index contributed by atoms with van der Waals surface area (Å²) in [6.45, 7) is 13.8. The van der Waals surface area contributed by atoms with Gasteiger partial charge in [-0.25, -0.2) is 8.42 Å². The van der Waals surface area contributed by atoms with Gasteiger partial charge in [-0.2, -0.15) is 4.31 Å². The summed E-state index contributed by atoms with van der Waals surface area (Å²) in [4.78, 5) is 0. The highest BCUT2D eigenvalue weighted by atomic mass is 32.2. The highest BCUT2D eigenvalue weighted by Gasteiger charge is 2.30. The molecule has 0 aliphatic carbocycles. The van der Waals surface area contributed by atoms with E-state index in [9.17, 15) is 8.42 Å². The van der Waals surface area contributed by atoms with Crippen LogP contribution in [0.2, 0.25) is 0 Å². The molecule has 0 spiro atoms. The van der Waals surface area contributed by atoms with Crippen molar-refractivity contribution in [3.05, 3.63) is 0 Å². The van der Waals surface area contributed by atoms with E-state index in [1.165, 1.54) is 0 Å². The summed E-state index contributed by atoms with van der Waals surface area (Å²) >= 11 is 0. The molecule has 0 aliphatic rings. The summed E-state index contributed by atoms with van der Waals surface area (Å²) in [7, 11) is -3.21. The van der Waals surface area contributed by atoms with Crippen LogP contribution in [-0.4, -0.2) is 43.6 Å². The maximum Gasteiger partial charge on any atom is 0.218 e. The molecule has 1 unspecified atom stereocenters. The van der Waals surface area contributed by atoms with Crippen molar-refractivity contribution in [3.8, 4) is 0 Å². The van der Waals surface area contributed by atoms with E-state index in [2.05, 4.69) is 12.2 Å². The van der Waals surface area contributed by atoms with E-state index in [-0.39, 0.29) is 11.3 Å². The second-order valence-electron chi connectivity index (χ2n) is 5.62. The Morgan fingerprint density at radius 2 is 1.67 bits per heavy atom. The Morgan fingerprint density at radius 3 is 2.06 bits per heavy atom. The van der Waals surface area contributed by atoms with E-state index in [1.807, 2.05) is 27.7 Å². The Bertz CT molecular complexity index is 313. The predicted molar refractivity (Wildman–Crippen MR) is 78.2 cm³/mol. The molecule has 0 rings (SSSR count). The van der Waals surface area contributed by atoms with Crippen LogP contribution in [0.1, 0.15) is 48.0 Å². The van der Waals surface area contributed by atoms with Crippen molar-refractivity contribution in [2.45, 2.75) is 59.3 Å². The van der Waals surface area contributed by atoms with E-state index in [0.29, 0.717) is 19.0 Å². The third-order valence-electron chi connectivity index (χ3n) is 2.81. The van der Waals surface area contributed by atoms with Gasteiger partial charge in [0.25, 0.3) is 0 Å². The first-order chi connectivity index (χ1) is 8.23. The quantitative estimate of drug-likeness (QED) is 0.657. The van der Waals surface area contributed by atoms with Crippen molar-refractivity contribution >= 4 is 10.0 Å². The molecule has 18 heavy (non-hydrogen) atoms. The van der Waals surface area contributed by atoms with Crippen LogP contribution in [0.15, 0.2) is 0 Å². The Balaban J connectivity index is 4.72. The average molecular weight is 278 g/mol. The number of sulfonamides is 1. The van der Waals surface area contributed by atoms with E-state index in [0.717, 1.165) is 13.0 Å². The number of nitrogens with one attached hydrogen (secondary N) is 1. The van der Waals surface area contributed by atoms with Crippen LogP contribution in [0.3, 0.4) is 0 Å². The summed E-state index contributed by atoms with van der Waals surface area (Å²) in [5.74, 6) is 0.345. The van der Waals surface area contributed by atoms with Crippen LogP contribution in [0, 0.1) is 5.92 Å². The highest BCUT2D eigenvalue weighted by molar-refractivity contribution is 7.89. The van der Waals surface area contributed by atoms with Gasteiger partial charge < -0.3 is 5.32 Å². The highest BCUT2D eigenvalue weighted by Crippen LogP contribution is 2.15. The van der Waals surface area contributed by atoms with Crippen molar-refractivity contribution in [2.24, 2.45) is 5.92 Å². The van der Waals surface area contributed by atoms with Gasteiger partial charge in [0.1, 0.15) is 0 Å². The normalized spacial score (nSPS) is 14.7. The smallest absolute Gasteiger partial charge is 0.218 e. The molecule has 4 nitrogen and oxygen atoms in total. The van der Waals surface area contributed by atoms with Gasteiger partial charge in [0.2, 0.25) is 10.0 Å². The molecule has 0 radical (unpaired) electrons. The monoisotopic (exact) mass is 278 g/mol. The molecule has 0 aromatic rings. The fourth-order valence-electron chi connectivity index (χ4n) is 1.79. The summed E-state index contributed by atoms with van der Waals surface area (Å²) in [6.07, 6.45) is 1.02. The second-order valence-corrected chi connectivity index (χ2v) is 7.92. The summed E-state index contributed by atoms with van der Waals surface area (Å²) in [5, 5.41) is 2.81. The molecule has 0 bridgehead atoms. The average Bonchev–Trinajstić information content (AvgIpc) is 2.25. The van der Waals surface area contributed by atoms with E-state index in [1.54, 1.807) is 11.2 Å². The Hall–Kier alpha value is -0.130. The van der Waals surface area contributed by atoms with Crippen molar-refractivity contribution in [2.75, 3.05) is 19.6 Å². The summed E-state index contributed by atoms with van der Waals surface area (Å²) in [6, 6.07) is 0.0195. The predicted octanol–water partition coefficient (Wildman–Crippen LogP) is 2.07. The van der Waals surface area contributed by atoms with Gasteiger partial charge in [-0.15, -0.1) is 0 Å². The number of hydrogen-bond donors (Lipinski definition) is 1. The lowest BCUT2D eigenvalue weighted by atomic mass is 10.2. The minimum atomic E-state index is -3.21. The topological polar surface area (TPSA) is 49.4 Å². The van der Waals surface area contributed by atoms with Crippen LogP contribution in [-0.2, 0) is 10.0 Å². The molecule has 0 heterocycles. The zero-order valence-electron chi connectivity index (χ0n) is 12.7. The lowest BCUT2D eigenvalue weighted by Gasteiger charge is -2.30. The first-order valence-corrected chi connectivity index (χ1v) is 8.45.